The molecule has 2 rings (SSSR count). The Labute approximate surface area is 144 Å². The van der Waals surface area contributed by atoms with Gasteiger partial charge in [-0.3, -0.25) is 9.59 Å². The monoisotopic (exact) mass is 337 g/mol. The number of amides is 2. The summed E-state index contributed by atoms with van der Waals surface area (Å²) in [6.45, 7) is 3.55. The van der Waals surface area contributed by atoms with Gasteiger partial charge in [-0.05, 0) is 41.5 Å². The summed E-state index contributed by atoms with van der Waals surface area (Å²) >= 11 is 0. The molecule has 2 aromatic rings. The Morgan fingerprint density at radius 3 is 2.44 bits per heavy atom. The number of hydrogen-bond donors (Lipinski definition) is 2. The van der Waals surface area contributed by atoms with E-state index in [2.05, 4.69) is 17.2 Å². The number of benzene rings is 2. The molecule has 0 saturated carbocycles. The van der Waals surface area contributed by atoms with E-state index in [1.54, 1.807) is 36.4 Å². The summed E-state index contributed by atoms with van der Waals surface area (Å²) in [7, 11) is 0. The Hall–Kier alpha value is -3.46. The lowest BCUT2D eigenvalue weighted by Crippen LogP contribution is -2.24. The SMILES string of the molecule is C=CC(=O)Nc1ccc(CC(=O)NCc2ccc(C#N)c(F)c2)cc1. The minimum atomic E-state index is -0.605. The van der Waals surface area contributed by atoms with Gasteiger partial charge in [0.15, 0.2) is 0 Å². The maximum absolute atomic E-state index is 13.5. The van der Waals surface area contributed by atoms with Gasteiger partial charge in [-0.25, -0.2) is 4.39 Å². The van der Waals surface area contributed by atoms with Gasteiger partial charge in [-0.15, -0.1) is 0 Å². The van der Waals surface area contributed by atoms with Gasteiger partial charge in [0.1, 0.15) is 11.9 Å². The van der Waals surface area contributed by atoms with Crippen molar-refractivity contribution < 1.29 is 14.0 Å². The number of halogens is 1. The predicted octanol–water partition coefficient (Wildman–Crippen LogP) is 2.68. The fourth-order valence-corrected chi connectivity index (χ4v) is 2.11. The Morgan fingerprint density at radius 1 is 1.16 bits per heavy atom. The molecule has 2 N–H and O–H groups in total. The predicted molar refractivity (Wildman–Crippen MR) is 91.9 cm³/mol. The zero-order valence-corrected chi connectivity index (χ0v) is 13.4. The highest BCUT2D eigenvalue weighted by Gasteiger charge is 2.06. The van der Waals surface area contributed by atoms with E-state index in [0.717, 1.165) is 5.56 Å². The fraction of sp³-hybridized carbons (Fsp3) is 0.105. The van der Waals surface area contributed by atoms with E-state index in [4.69, 9.17) is 5.26 Å². The average molecular weight is 337 g/mol. The van der Waals surface area contributed by atoms with E-state index >= 15 is 0 Å². The van der Waals surface area contributed by atoms with Crippen molar-refractivity contribution in [3.8, 4) is 6.07 Å². The van der Waals surface area contributed by atoms with Crippen LogP contribution in [0.15, 0.2) is 55.1 Å². The molecule has 0 aliphatic rings. The molecular formula is C19H16FN3O2. The molecule has 0 bridgehead atoms. The number of nitrogens with zero attached hydrogens (tertiary/aromatic N) is 1. The van der Waals surface area contributed by atoms with Gasteiger partial charge >= 0.3 is 0 Å². The summed E-state index contributed by atoms with van der Waals surface area (Å²) in [5.41, 5.74) is 1.94. The minimum Gasteiger partial charge on any atom is -0.352 e. The van der Waals surface area contributed by atoms with Crippen LogP contribution in [-0.2, 0) is 22.6 Å². The third-order valence-electron chi connectivity index (χ3n) is 3.42. The van der Waals surface area contributed by atoms with Gasteiger partial charge in [0, 0.05) is 12.2 Å². The first-order valence-electron chi connectivity index (χ1n) is 7.49. The van der Waals surface area contributed by atoms with E-state index in [0.29, 0.717) is 11.3 Å². The highest BCUT2D eigenvalue weighted by Crippen LogP contribution is 2.11. The molecular weight excluding hydrogens is 321 g/mol. The zero-order valence-electron chi connectivity index (χ0n) is 13.4. The Bertz CT molecular complexity index is 839. The van der Waals surface area contributed by atoms with E-state index in [-0.39, 0.29) is 30.3 Å². The van der Waals surface area contributed by atoms with Gasteiger partial charge in [-0.2, -0.15) is 5.26 Å². The second-order valence-corrected chi connectivity index (χ2v) is 5.27. The quantitative estimate of drug-likeness (QED) is 0.795. The Kier molecular flexibility index (Phi) is 6.02. The fourth-order valence-electron chi connectivity index (χ4n) is 2.11. The summed E-state index contributed by atoms with van der Waals surface area (Å²) < 4.78 is 13.5. The van der Waals surface area contributed by atoms with Gasteiger partial charge in [0.05, 0.1) is 12.0 Å². The molecule has 0 atom stereocenters. The van der Waals surface area contributed by atoms with Gasteiger partial charge in [0.25, 0.3) is 0 Å². The summed E-state index contributed by atoms with van der Waals surface area (Å²) in [6, 6.07) is 12.8. The number of nitrogens with one attached hydrogen (secondary N) is 2. The molecule has 0 aliphatic carbocycles. The van der Waals surface area contributed by atoms with Gasteiger partial charge < -0.3 is 10.6 Å². The molecule has 0 aliphatic heterocycles. The average Bonchev–Trinajstić information content (AvgIpc) is 2.61. The molecule has 0 spiro atoms. The van der Waals surface area contributed by atoms with Crippen LogP contribution in [0.25, 0.3) is 0 Å². The third-order valence-corrected chi connectivity index (χ3v) is 3.42. The number of carbonyl (C=O) groups excluding carboxylic acids is 2. The van der Waals surface area contributed by atoms with E-state index < -0.39 is 5.82 Å². The van der Waals surface area contributed by atoms with Crippen LogP contribution in [0, 0.1) is 17.1 Å². The lowest BCUT2D eigenvalue weighted by molar-refractivity contribution is -0.120. The smallest absolute Gasteiger partial charge is 0.247 e. The van der Waals surface area contributed by atoms with Crippen molar-refractivity contribution in [2.45, 2.75) is 13.0 Å². The van der Waals surface area contributed by atoms with E-state index in [1.807, 2.05) is 0 Å². The lowest BCUT2D eigenvalue weighted by atomic mass is 10.1. The maximum atomic E-state index is 13.5. The molecule has 0 saturated heterocycles. The van der Waals surface area contributed by atoms with Crippen LogP contribution in [0.2, 0.25) is 0 Å². The van der Waals surface area contributed by atoms with E-state index in [1.165, 1.54) is 18.2 Å². The summed E-state index contributed by atoms with van der Waals surface area (Å²) in [5, 5.41) is 14.0. The first-order chi connectivity index (χ1) is 12.0. The van der Waals surface area contributed by atoms with Crippen molar-refractivity contribution in [3.05, 3.63) is 77.6 Å². The number of carbonyl (C=O) groups is 2. The molecule has 126 valence electrons. The van der Waals surface area contributed by atoms with Crippen molar-refractivity contribution in [3.63, 3.8) is 0 Å². The Balaban J connectivity index is 1.88. The van der Waals surface area contributed by atoms with Crippen molar-refractivity contribution >= 4 is 17.5 Å². The Morgan fingerprint density at radius 2 is 1.84 bits per heavy atom. The maximum Gasteiger partial charge on any atom is 0.247 e. The van der Waals surface area contributed by atoms with Crippen LogP contribution in [0.4, 0.5) is 10.1 Å². The number of rotatable bonds is 6. The second kappa shape index (κ2) is 8.41. The first kappa shape index (κ1) is 17.9. The first-order valence-corrected chi connectivity index (χ1v) is 7.49. The normalized spacial score (nSPS) is 9.76. The summed E-state index contributed by atoms with van der Waals surface area (Å²) in [5.74, 6) is -1.13. The van der Waals surface area contributed by atoms with Crippen molar-refractivity contribution in [2.75, 3.05) is 5.32 Å². The topological polar surface area (TPSA) is 82.0 Å². The third kappa shape index (κ3) is 5.29. The van der Waals surface area contributed by atoms with Crippen LogP contribution < -0.4 is 10.6 Å². The van der Waals surface area contributed by atoms with Crippen LogP contribution in [-0.4, -0.2) is 11.8 Å². The molecule has 0 unspecified atom stereocenters. The van der Waals surface area contributed by atoms with E-state index in [9.17, 15) is 14.0 Å². The number of anilines is 1. The van der Waals surface area contributed by atoms with Crippen LogP contribution in [0.5, 0.6) is 0 Å². The molecule has 6 heteroatoms. The molecule has 2 amide bonds. The van der Waals surface area contributed by atoms with Crippen molar-refractivity contribution in [1.82, 2.24) is 5.32 Å². The van der Waals surface area contributed by atoms with Gasteiger partial charge in [0.2, 0.25) is 11.8 Å². The molecule has 0 radical (unpaired) electrons. The molecule has 0 aromatic heterocycles. The minimum absolute atomic E-state index is 0.0290. The molecule has 0 fully saturated rings. The van der Waals surface area contributed by atoms with Crippen molar-refractivity contribution in [1.29, 1.82) is 5.26 Å². The largest absolute Gasteiger partial charge is 0.352 e. The zero-order chi connectivity index (χ0) is 18.2. The second-order valence-electron chi connectivity index (χ2n) is 5.27. The van der Waals surface area contributed by atoms with Crippen LogP contribution in [0.1, 0.15) is 16.7 Å². The standard InChI is InChI=1S/C19H16FN3O2/c1-2-18(24)23-16-7-4-13(5-8-16)10-19(25)22-12-14-3-6-15(11-21)17(20)9-14/h2-9H,1,10,12H2,(H,22,25)(H,23,24). The highest BCUT2D eigenvalue weighted by molar-refractivity contribution is 5.98. The summed E-state index contributed by atoms with van der Waals surface area (Å²) in [6.07, 6.45) is 1.34. The molecule has 2 aromatic carbocycles. The molecule has 25 heavy (non-hydrogen) atoms. The number of hydrogen-bond acceptors (Lipinski definition) is 3. The van der Waals surface area contributed by atoms with Crippen LogP contribution in [0.3, 0.4) is 0 Å². The number of nitriles is 1. The van der Waals surface area contributed by atoms with Crippen molar-refractivity contribution in [2.24, 2.45) is 0 Å². The lowest BCUT2D eigenvalue weighted by Gasteiger charge is -2.07. The molecule has 0 heterocycles. The highest BCUT2D eigenvalue weighted by atomic mass is 19.1. The van der Waals surface area contributed by atoms with Crippen LogP contribution >= 0.6 is 0 Å². The summed E-state index contributed by atoms with van der Waals surface area (Å²) in [4.78, 5) is 23.2. The van der Waals surface area contributed by atoms with Gasteiger partial charge in [-0.1, -0.05) is 24.8 Å². The molecule has 5 nitrogen and oxygen atoms in total.